The molecule has 0 bridgehead atoms. The largest absolute Gasteiger partial charge is 0.192 e. The molecular weight excluding hydrogens is 194 g/mol. The molecule has 0 saturated carbocycles. The molecule has 0 aliphatic heterocycles. The summed E-state index contributed by atoms with van der Waals surface area (Å²) in [5.74, 6) is 0. The minimum atomic E-state index is 0.757. The van der Waals surface area contributed by atoms with Crippen LogP contribution >= 0.6 is 0 Å². The van der Waals surface area contributed by atoms with Gasteiger partial charge in [-0.3, -0.25) is 0 Å². The first-order chi connectivity index (χ1) is 7.79. The SMILES string of the molecule is Cc1cc(C#N)cc2c1Cc1ccccc1-2. The van der Waals surface area contributed by atoms with E-state index < -0.39 is 0 Å². The smallest absolute Gasteiger partial charge is 0.0991 e. The van der Waals surface area contributed by atoms with Crippen LogP contribution in [-0.4, -0.2) is 0 Å². The Balaban J connectivity index is 2.32. The van der Waals surface area contributed by atoms with Crippen LogP contribution in [0.5, 0.6) is 0 Å². The summed E-state index contributed by atoms with van der Waals surface area (Å²) < 4.78 is 0. The average molecular weight is 205 g/mol. The third-order valence-corrected chi connectivity index (χ3v) is 3.28. The summed E-state index contributed by atoms with van der Waals surface area (Å²) in [6, 6.07) is 14.7. The standard InChI is InChI=1S/C15H11N/c1-10-6-11(9-16)7-15-13-5-3-2-4-12(13)8-14(10)15/h2-7H,8H2,1H3. The molecule has 0 atom stereocenters. The fraction of sp³-hybridized carbons (Fsp3) is 0.133. The van der Waals surface area contributed by atoms with Crippen molar-refractivity contribution in [3.05, 3.63) is 58.7 Å². The summed E-state index contributed by atoms with van der Waals surface area (Å²) in [5, 5.41) is 8.99. The predicted molar refractivity (Wildman–Crippen MR) is 64.1 cm³/mol. The van der Waals surface area contributed by atoms with E-state index in [1.165, 1.54) is 27.8 Å². The molecule has 2 aromatic carbocycles. The zero-order valence-electron chi connectivity index (χ0n) is 9.12. The van der Waals surface area contributed by atoms with Crippen molar-refractivity contribution in [3.8, 4) is 17.2 Å². The molecule has 0 unspecified atom stereocenters. The monoisotopic (exact) mass is 205 g/mol. The van der Waals surface area contributed by atoms with Crippen molar-refractivity contribution in [3.63, 3.8) is 0 Å². The Morgan fingerprint density at radius 1 is 1.12 bits per heavy atom. The number of fused-ring (bicyclic) bond motifs is 3. The molecule has 0 spiro atoms. The summed E-state index contributed by atoms with van der Waals surface area (Å²) in [7, 11) is 0. The van der Waals surface area contributed by atoms with Gasteiger partial charge in [0.1, 0.15) is 0 Å². The van der Waals surface area contributed by atoms with Crippen molar-refractivity contribution in [2.75, 3.05) is 0 Å². The second-order valence-electron chi connectivity index (χ2n) is 4.26. The van der Waals surface area contributed by atoms with Crippen LogP contribution in [0.1, 0.15) is 22.3 Å². The Bertz CT molecular complexity index is 618. The number of hydrogen-bond acceptors (Lipinski definition) is 1. The number of nitrogens with zero attached hydrogens (tertiary/aromatic N) is 1. The summed E-state index contributed by atoms with van der Waals surface area (Å²) in [6.07, 6.45) is 1.00. The molecule has 0 radical (unpaired) electrons. The van der Waals surface area contributed by atoms with E-state index in [9.17, 15) is 0 Å². The molecule has 0 aromatic heterocycles. The third-order valence-electron chi connectivity index (χ3n) is 3.28. The Kier molecular flexibility index (Phi) is 1.84. The lowest BCUT2D eigenvalue weighted by molar-refractivity contribution is 1.21. The predicted octanol–water partition coefficient (Wildman–Crippen LogP) is 3.44. The van der Waals surface area contributed by atoms with Crippen molar-refractivity contribution in [2.45, 2.75) is 13.3 Å². The number of aryl methyl sites for hydroxylation is 1. The van der Waals surface area contributed by atoms with Crippen LogP contribution in [0.2, 0.25) is 0 Å². The Morgan fingerprint density at radius 3 is 2.75 bits per heavy atom. The lowest BCUT2D eigenvalue weighted by Gasteiger charge is -2.04. The summed E-state index contributed by atoms with van der Waals surface area (Å²) in [5.41, 5.74) is 7.26. The van der Waals surface area contributed by atoms with Crippen molar-refractivity contribution >= 4 is 0 Å². The van der Waals surface area contributed by atoms with Crippen molar-refractivity contribution in [1.29, 1.82) is 5.26 Å². The highest BCUT2D eigenvalue weighted by atomic mass is 14.3. The Labute approximate surface area is 95.0 Å². The maximum atomic E-state index is 8.99. The summed E-state index contributed by atoms with van der Waals surface area (Å²) in [6.45, 7) is 2.09. The quantitative estimate of drug-likeness (QED) is 0.551. The lowest BCUT2D eigenvalue weighted by atomic mass is 9.99. The van der Waals surface area contributed by atoms with E-state index in [0.29, 0.717) is 0 Å². The molecule has 0 fully saturated rings. The van der Waals surface area contributed by atoms with Gasteiger partial charge in [0.05, 0.1) is 11.6 Å². The van der Waals surface area contributed by atoms with Crippen LogP contribution in [0.3, 0.4) is 0 Å². The van der Waals surface area contributed by atoms with E-state index >= 15 is 0 Å². The zero-order chi connectivity index (χ0) is 11.1. The van der Waals surface area contributed by atoms with Gasteiger partial charge in [-0.2, -0.15) is 5.26 Å². The maximum Gasteiger partial charge on any atom is 0.0991 e. The number of hydrogen-bond donors (Lipinski definition) is 0. The van der Waals surface area contributed by atoms with Gasteiger partial charge in [-0.05, 0) is 53.3 Å². The van der Waals surface area contributed by atoms with E-state index in [-0.39, 0.29) is 0 Å². The molecule has 1 aliphatic carbocycles. The molecule has 76 valence electrons. The van der Waals surface area contributed by atoms with Gasteiger partial charge < -0.3 is 0 Å². The Morgan fingerprint density at radius 2 is 1.94 bits per heavy atom. The first-order valence-corrected chi connectivity index (χ1v) is 5.41. The first kappa shape index (κ1) is 9.18. The number of benzene rings is 2. The molecule has 0 N–H and O–H groups in total. The van der Waals surface area contributed by atoms with Crippen LogP contribution in [0, 0.1) is 18.3 Å². The fourth-order valence-corrected chi connectivity index (χ4v) is 2.48. The van der Waals surface area contributed by atoms with Gasteiger partial charge in [-0.1, -0.05) is 24.3 Å². The summed E-state index contributed by atoms with van der Waals surface area (Å²) in [4.78, 5) is 0. The minimum Gasteiger partial charge on any atom is -0.192 e. The van der Waals surface area contributed by atoms with Gasteiger partial charge in [-0.25, -0.2) is 0 Å². The van der Waals surface area contributed by atoms with Crippen LogP contribution in [-0.2, 0) is 6.42 Å². The molecule has 0 amide bonds. The van der Waals surface area contributed by atoms with Crippen molar-refractivity contribution in [2.24, 2.45) is 0 Å². The number of rotatable bonds is 0. The topological polar surface area (TPSA) is 23.8 Å². The molecule has 2 aromatic rings. The fourth-order valence-electron chi connectivity index (χ4n) is 2.48. The van der Waals surface area contributed by atoms with Crippen LogP contribution in [0.4, 0.5) is 0 Å². The van der Waals surface area contributed by atoms with Gasteiger partial charge in [0.25, 0.3) is 0 Å². The third kappa shape index (κ3) is 1.17. The van der Waals surface area contributed by atoms with E-state index in [1.807, 2.05) is 12.1 Å². The van der Waals surface area contributed by atoms with Crippen LogP contribution < -0.4 is 0 Å². The zero-order valence-corrected chi connectivity index (χ0v) is 9.12. The average Bonchev–Trinajstić information content (AvgIpc) is 2.68. The van der Waals surface area contributed by atoms with Gasteiger partial charge in [0.2, 0.25) is 0 Å². The second kappa shape index (κ2) is 3.21. The first-order valence-electron chi connectivity index (χ1n) is 5.41. The number of nitriles is 1. The molecule has 1 heteroatoms. The highest BCUT2D eigenvalue weighted by Gasteiger charge is 2.19. The van der Waals surface area contributed by atoms with Crippen LogP contribution in [0.25, 0.3) is 11.1 Å². The van der Waals surface area contributed by atoms with Crippen molar-refractivity contribution < 1.29 is 0 Å². The van der Waals surface area contributed by atoms with E-state index in [0.717, 1.165) is 12.0 Å². The molecule has 16 heavy (non-hydrogen) atoms. The van der Waals surface area contributed by atoms with E-state index in [4.69, 9.17) is 5.26 Å². The lowest BCUT2D eigenvalue weighted by Crippen LogP contribution is -1.88. The molecule has 0 heterocycles. The minimum absolute atomic E-state index is 0.757. The highest BCUT2D eigenvalue weighted by molar-refractivity contribution is 5.79. The second-order valence-corrected chi connectivity index (χ2v) is 4.26. The molecular formula is C15H11N. The Hall–Kier alpha value is -2.07. The van der Waals surface area contributed by atoms with Gasteiger partial charge in [0.15, 0.2) is 0 Å². The van der Waals surface area contributed by atoms with Crippen LogP contribution in [0.15, 0.2) is 36.4 Å². The molecule has 3 rings (SSSR count). The maximum absolute atomic E-state index is 8.99. The molecule has 0 saturated heterocycles. The van der Waals surface area contributed by atoms with Gasteiger partial charge in [0, 0.05) is 0 Å². The van der Waals surface area contributed by atoms with E-state index in [2.05, 4.69) is 37.3 Å². The summed E-state index contributed by atoms with van der Waals surface area (Å²) >= 11 is 0. The molecule has 1 aliphatic rings. The molecule has 1 nitrogen and oxygen atoms in total. The van der Waals surface area contributed by atoms with Gasteiger partial charge in [-0.15, -0.1) is 0 Å². The normalized spacial score (nSPS) is 11.8. The van der Waals surface area contributed by atoms with E-state index in [1.54, 1.807) is 0 Å². The van der Waals surface area contributed by atoms with Crippen molar-refractivity contribution in [1.82, 2.24) is 0 Å². The van der Waals surface area contributed by atoms with Gasteiger partial charge >= 0.3 is 0 Å². The highest BCUT2D eigenvalue weighted by Crippen LogP contribution is 2.38.